The molecular weight excluding hydrogens is 304 g/mol. The number of hydrogen-bond donors (Lipinski definition) is 1. The summed E-state index contributed by atoms with van der Waals surface area (Å²) in [5.41, 5.74) is 1.89. The fourth-order valence-electron chi connectivity index (χ4n) is 2.12. The number of anilines is 1. The molecule has 0 unspecified atom stereocenters. The zero-order valence-electron chi connectivity index (χ0n) is 13.1. The van der Waals surface area contributed by atoms with E-state index in [1.807, 2.05) is 18.2 Å². The number of nitrogens with zero attached hydrogens (tertiary/aromatic N) is 3. The number of hydrogen-bond acceptors (Lipinski definition) is 6. The van der Waals surface area contributed by atoms with Gasteiger partial charge in [-0.05, 0) is 36.4 Å². The number of benzene rings is 1. The van der Waals surface area contributed by atoms with E-state index in [2.05, 4.69) is 20.3 Å². The fourth-order valence-corrected chi connectivity index (χ4v) is 2.12. The molecule has 24 heavy (non-hydrogen) atoms. The Kier molecular flexibility index (Phi) is 4.76. The molecule has 1 aromatic carbocycles. The van der Waals surface area contributed by atoms with Gasteiger partial charge >= 0.3 is 0 Å². The molecule has 6 nitrogen and oxygen atoms in total. The third-order valence-corrected chi connectivity index (χ3v) is 3.42. The van der Waals surface area contributed by atoms with E-state index in [0.717, 1.165) is 5.69 Å². The lowest BCUT2D eigenvalue weighted by Crippen LogP contribution is -2.07. The lowest BCUT2D eigenvalue weighted by molar-refractivity contribution is 0.103. The van der Waals surface area contributed by atoms with E-state index in [0.29, 0.717) is 29.4 Å². The standard InChI is InChI=1S/C18H16N4O2/c1-24-16-7-5-13(6-8-16)17(23)14-10-20-18(21-11-14)22-12-15-4-2-3-9-19-15/h2-11H,12H2,1H3,(H,20,21,22). The largest absolute Gasteiger partial charge is 0.497 e. The van der Waals surface area contributed by atoms with E-state index in [4.69, 9.17) is 4.74 Å². The predicted molar refractivity (Wildman–Crippen MR) is 90.0 cm³/mol. The van der Waals surface area contributed by atoms with Crippen molar-refractivity contribution in [2.75, 3.05) is 12.4 Å². The van der Waals surface area contributed by atoms with Gasteiger partial charge in [-0.2, -0.15) is 0 Å². The molecule has 120 valence electrons. The Hall–Kier alpha value is -3.28. The van der Waals surface area contributed by atoms with Gasteiger partial charge in [0.15, 0.2) is 5.78 Å². The SMILES string of the molecule is COc1ccc(C(=O)c2cnc(NCc3ccccn3)nc2)cc1. The summed E-state index contributed by atoms with van der Waals surface area (Å²) in [6, 6.07) is 12.6. The number of carbonyl (C=O) groups is 1. The van der Waals surface area contributed by atoms with E-state index < -0.39 is 0 Å². The third kappa shape index (κ3) is 3.73. The van der Waals surface area contributed by atoms with Crippen LogP contribution in [0.1, 0.15) is 21.6 Å². The van der Waals surface area contributed by atoms with E-state index >= 15 is 0 Å². The van der Waals surface area contributed by atoms with Crippen molar-refractivity contribution < 1.29 is 9.53 Å². The highest BCUT2D eigenvalue weighted by Crippen LogP contribution is 2.14. The summed E-state index contributed by atoms with van der Waals surface area (Å²) in [6.07, 6.45) is 4.76. The lowest BCUT2D eigenvalue weighted by atomic mass is 10.1. The van der Waals surface area contributed by atoms with Crippen molar-refractivity contribution in [2.45, 2.75) is 6.54 Å². The Morgan fingerprint density at radius 1 is 1.00 bits per heavy atom. The second-order valence-electron chi connectivity index (χ2n) is 5.03. The summed E-state index contributed by atoms with van der Waals surface area (Å²) in [5, 5.41) is 3.07. The molecule has 1 N–H and O–H groups in total. The van der Waals surface area contributed by atoms with Gasteiger partial charge in [-0.1, -0.05) is 6.07 Å². The molecule has 0 amide bonds. The van der Waals surface area contributed by atoms with Crippen molar-refractivity contribution in [1.29, 1.82) is 0 Å². The molecule has 0 aliphatic heterocycles. The van der Waals surface area contributed by atoms with Gasteiger partial charge in [0.05, 0.1) is 24.9 Å². The Morgan fingerprint density at radius 2 is 1.75 bits per heavy atom. The first-order valence-corrected chi connectivity index (χ1v) is 7.41. The van der Waals surface area contributed by atoms with Crippen molar-refractivity contribution >= 4 is 11.7 Å². The summed E-state index contributed by atoms with van der Waals surface area (Å²) in [7, 11) is 1.58. The quantitative estimate of drug-likeness (QED) is 0.704. The van der Waals surface area contributed by atoms with E-state index in [1.54, 1.807) is 37.6 Å². The first-order chi connectivity index (χ1) is 11.8. The fraction of sp³-hybridized carbons (Fsp3) is 0.111. The zero-order chi connectivity index (χ0) is 16.8. The normalized spacial score (nSPS) is 10.2. The van der Waals surface area contributed by atoms with Crippen molar-refractivity contribution in [3.63, 3.8) is 0 Å². The number of ether oxygens (including phenoxy) is 1. The van der Waals surface area contributed by atoms with Crippen LogP contribution in [0.2, 0.25) is 0 Å². The number of methoxy groups -OCH3 is 1. The Morgan fingerprint density at radius 3 is 2.38 bits per heavy atom. The maximum Gasteiger partial charge on any atom is 0.222 e. The lowest BCUT2D eigenvalue weighted by Gasteiger charge is -2.05. The van der Waals surface area contributed by atoms with Crippen LogP contribution in [0.5, 0.6) is 5.75 Å². The Labute approximate surface area is 139 Å². The third-order valence-electron chi connectivity index (χ3n) is 3.42. The minimum atomic E-state index is -0.131. The van der Waals surface area contributed by atoms with Crippen molar-refractivity contribution in [2.24, 2.45) is 0 Å². The zero-order valence-corrected chi connectivity index (χ0v) is 13.1. The number of pyridine rings is 1. The topological polar surface area (TPSA) is 77.0 Å². The Balaban J connectivity index is 1.66. The minimum absolute atomic E-state index is 0.131. The minimum Gasteiger partial charge on any atom is -0.497 e. The highest BCUT2D eigenvalue weighted by molar-refractivity contribution is 6.08. The molecule has 0 radical (unpaired) electrons. The van der Waals surface area contributed by atoms with Crippen LogP contribution in [0.25, 0.3) is 0 Å². The molecule has 0 spiro atoms. The molecule has 0 bridgehead atoms. The van der Waals surface area contributed by atoms with Crippen molar-refractivity contribution in [3.05, 3.63) is 77.9 Å². The van der Waals surface area contributed by atoms with Crippen LogP contribution in [0.3, 0.4) is 0 Å². The highest BCUT2D eigenvalue weighted by atomic mass is 16.5. The number of aromatic nitrogens is 3. The van der Waals surface area contributed by atoms with Gasteiger partial charge in [-0.3, -0.25) is 9.78 Å². The molecule has 0 saturated carbocycles. The van der Waals surface area contributed by atoms with Crippen molar-refractivity contribution in [1.82, 2.24) is 15.0 Å². The molecule has 0 aliphatic carbocycles. The van der Waals surface area contributed by atoms with E-state index in [9.17, 15) is 4.79 Å². The van der Waals surface area contributed by atoms with Gasteiger partial charge in [0.2, 0.25) is 5.95 Å². The molecule has 6 heteroatoms. The monoisotopic (exact) mass is 320 g/mol. The molecule has 2 aromatic heterocycles. The second kappa shape index (κ2) is 7.32. The second-order valence-corrected chi connectivity index (χ2v) is 5.03. The predicted octanol–water partition coefficient (Wildman–Crippen LogP) is 2.72. The maximum absolute atomic E-state index is 12.4. The number of rotatable bonds is 6. The summed E-state index contributed by atoms with van der Waals surface area (Å²) in [4.78, 5) is 25.0. The average molecular weight is 320 g/mol. The molecular formula is C18H16N4O2. The average Bonchev–Trinajstić information content (AvgIpc) is 2.67. The molecule has 3 aromatic rings. The smallest absolute Gasteiger partial charge is 0.222 e. The van der Waals surface area contributed by atoms with E-state index in [-0.39, 0.29) is 5.78 Å². The summed E-state index contributed by atoms with van der Waals surface area (Å²) >= 11 is 0. The summed E-state index contributed by atoms with van der Waals surface area (Å²) < 4.78 is 5.08. The molecule has 2 heterocycles. The number of carbonyl (C=O) groups excluding carboxylic acids is 1. The van der Waals surface area contributed by atoms with Crippen LogP contribution in [0.15, 0.2) is 61.1 Å². The van der Waals surface area contributed by atoms with Gasteiger partial charge in [0.1, 0.15) is 5.75 Å². The molecule has 0 aliphatic rings. The number of ketones is 1. The van der Waals surface area contributed by atoms with Crippen LogP contribution >= 0.6 is 0 Å². The molecule has 0 fully saturated rings. The van der Waals surface area contributed by atoms with Gasteiger partial charge in [-0.15, -0.1) is 0 Å². The van der Waals surface area contributed by atoms with Gasteiger partial charge in [-0.25, -0.2) is 9.97 Å². The van der Waals surface area contributed by atoms with E-state index in [1.165, 1.54) is 12.4 Å². The van der Waals surface area contributed by atoms with Crippen LogP contribution in [0, 0.1) is 0 Å². The van der Waals surface area contributed by atoms with Crippen LogP contribution < -0.4 is 10.1 Å². The van der Waals surface area contributed by atoms with Crippen LogP contribution in [-0.2, 0) is 6.54 Å². The van der Waals surface area contributed by atoms with Gasteiger partial charge in [0, 0.05) is 24.2 Å². The van der Waals surface area contributed by atoms with Crippen molar-refractivity contribution in [3.8, 4) is 5.75 Å². The molecule has 0 atom stereocenters. The maximum atomic E-state index is 12.4. The van der Waals surface area contributed by atoms with Crippen LogP contribution in [-0.4, -0.2) is 27.8 Å². The Bertz CT molecular complexity index is 803. The van der Waals surface area contributed by atoms with Gasteiger partial charge < -0.3 is 10.1 Å². The summed E-state index contributed by atoms with van der Waals surface area (Å²) in [5.74, 6) is 1.03. The number of nitrogens with one attached hydrogen (secondary N) is 1. The first-order valence-electron chi connectivity index (χ1n) is 7.41. The molecule has 0 saturated heterocycles. The van der Waals surface area contributed by atoms with Gasteiger partial charge in [0.25, 0.3) is 0 Å². The first kappa shape index (κ1) is 15.6. The van der Waals surface area contributed by atoms with Crippen LogP contribution in [0.4, 0.5) is 5.95 Å². The highest BCUT2D eigenvalue weighted by Gasteiger charge is 2.10. The molecule has 3 rings (SSSR count). The summed E-state index contributed by atoms with van der Waals surface area (Å²) in [6.45, 7) is 0.520.